The first-order valence-corrected chi connectivity index (χ1v) is 4.79. The third-order valence-electron chi connectivity index (χ3n) is 1.61. The van der Waals surface area contributed by atoms with E-state index in [-0.39, 0.29) is 23.7 Å². The van der Waals surface area contributed by atoms with E-state index in [1.165, 1.54) is 0 Å². The minimum Gasteiger partial charge on any atom is -0.300 e. The Hall–Kier alpha value is -1.97. The molecule has 0 aromatic rings. The first kappa shape index (κ1) is 20.4. The Labute approximate surface area is 99.3 Å². The number of rotatable bonds is 2. The van der Waals surface area contributed by atoms with Crippen LogP contribution in [-0.4, -0.2) is 23.7 Å². The first-order valence-electron chi connectivity index (χ1n) is 4.79. The van der Waals surface area contributed by atoms with E-state index in [4.69, 9.17) is 19.2 Å². The Bertz CT molecular complexity index is 282. The van der Waals surface area contributed by atoms with E-state index in [2.05, 4.69) is 17.2 Å². The molecule has 0 unspecified atom stereocenters. The second kappa shape index (κ2) is 14.0. The van der Waals surface area contributed by atoms with Crippen LogP contribution in [0.15, 0.2) is 10.2 Å². The molecule has 7 nitrogen and oxygen atoms in total. The lowest BCUT2D eigenvalue weighted by Crippen LogP contribution is -1.98. The lowest BCUT2D eigenvalue weighted by atomic mass is 10.2. The summed E-state index contributed by atoms with van der Waals surface area (Å²) in [5.74, 6) is 0.255. The highest BCUT2D eigenvalue weighted by Crippen LogP contribution is 2.29. The van der Waals surface area contributed by atoms with Gasteiger partial charge in [-0.3, -0.25) is 0 Å². The van der Waals surface area contributed by atoms with Crippen molar-refractivity contribution in [2.24, 2.45) is 10.2 Å². The summed E-state index contributed by atoms with van der Waals surface area (Å²) in [6.07, 6.45) is 2.22. The van der Waals surface area contributed by atoms with Crippen molar-refractivity contribution in [3.63, 3.8) is 0 Å². The van der Waals surface area contributed by atoms with Crippen molar-refractivity contribution < 1.29 is 24.0 Å². The molecule has 0 spiro atoms. The standard InChI is InChI=1S/C4H8N2.C4H8O.2CO2/c1-3-4(2)5-6-4;1-3-4(2)5;2*2-1-3/h3H2,1-2H3;3H2,1-2H3;;. The fraction of sp³-hybridized carbons (Fsp3) is 0.700. The van der Waals surface area contributed by atoms with Crippen LogP contribution in [0.3, 0.4) is 0 Å². The summed E-state index contributed by atoms with van der Waals surface area (Å²) < 4.78 is 0. The quantitative estimate of drug-likeness (QED) is 0.728. The molecule has 1 aliphatic rings. The molecule has 96 valence electrons. The van der Waals surface area contributed by atoms with E-state index in [0.717, 1.165) is 6.42 Å². The fourth-order valence-corrected chi connectivity index (χ4v) is 0.227. The zero-order valence-electron chi connectivity index (χ0n) is 10.3. The van der Waals surface area contributed by atoms with Crippen LogP contribution in [0.2, 0.25) is 0 Å². The van der Waals surface area contributed by atoms with Crippen LogP contribution in [0.25, 0.3) is 0 Å². The van der Waals surface area contributed by atoms with Crippen LogP contribution in [0.1, 0.15) is 40.5 Å². The average Bonchev–Trinajstić information content (AvgIpc) is 3.01. The van der Waals surface area contributed by atoms with Crippen LogP contribution in [0.5, 0.6) is 0 Å². The molecule has 17 heavy (non-hydrogen) atoms. The van der Waals surface area contributed by atoms with Crippen LogP contribution >= 0.6 is 0 Å². The smallest absolute Gasteiger partial charge is 0.300 e. The molecule has 0 aliphatic carbocycles. The predicted molar refractivity (Wildman–Crippen MR) is 54.5 cm³/mol. The van der Waals surface area contributed by atoms with Gasteiger partial charge in [-0.2, -0.15) is 29.4 Å². The fourth-order valence-electron chi connectivity index (χ4n) is 0.227. The van der Waals surface area contributed by atoms with E-state index < -0.39 is 0 Å². The van der Waals surface area contributed by atoms with E-state index >= 15 is 0 Å². The molecule has 1 heterocycles. The molecule has 0 saturated heterocycles. The maximum absolute atomic E-state index is 9.81. The summed E-state index contributed by atoms with van der Waals surface area (Å²) in [5.41, 5.74) is 0.0417. The van der Waals surface area contributed by atoms with Crippen molar-refractivity contribution in [2.75, 3.05) is 0 Å². The van der Waals surface area contributed by atoms with Gasteiger partial charge >= 0.3 is 12.3 Å². The molecule has 7 heteroatoms. The molecule has 0 atom stereocenters. The molecule has 0 N–H and O–H groups in total. The Balaban J connectivity index is -0.000000163. The molecule has 0 amide bonds. The van der Waals surface area contributed by atoms with Gasteiger partial charge in [0.05, 0.1) is 0 Å². The van der Waals surface area contributed by atoms with Gasteiger partial charge < -0.3 is 4.79 Å². The minimum atomic E-state index is 0.0417. The van der Waals surface area contributed by atoms with Gasteiger partial charge in [0.15, 0.2) is 5.66 Å². The van der Waals surface area contributed by atoms with Crippen molar-refractivity contribution in [2.45, 2.75) is 46.2 Å². The predicted octanol–water partition coefficient (Wildman–Crippen LogP) is 1.40. The topological polar surface area (TPSA) is 110 Å². The summed E-state index contributed by atoms with van der Waals surface area (Å²) in [6.45, 7) is 7.54. The summed E-state index contributed by atoms with van der Waals surface area (Å²) in [6, 6.07) is 0. The number of hydrogen-bond acceptors (Lipinski definition) is 7. The molecule has 0 aromatic carbocycles. The highest BCUT2D eigenvalue weighted by molar-refractivity contribution is 5.74. The Morgan fingerprint density at radius 1 is 1.06 bits per heavy atom. The number of carbonyl (C=O) groups is 1. The lowest BCUT2D eigenvalue weighted by Gasteiger charge is -1.90. The van der Waals surface area contributed by atoms with E-state index in [9.17, 15) is 4.79 Å². The molecule has 0 saturated carbocycles. The van der Waals surface area contributed by atoms with Crippen molar-refractivity contribution >= 4 is 18.1 Å². The largest absolute Gasteiger partial charge is 0.373 e. The van der Waals surface area contributed by atoms with E-state index in [1.54, 1.807) is 6.92 Å². The third kappa shape index (κ3) is 31.5. The zero-order chi connectivity index (χ0) is 14.3. The van der Waals surface area contributed by atoms with Crippen molar-refractivity contribution in [1.82, 2.24) is 0 Å². The molecular weight excluding hydrogens is 228 g/mol. The minimum absolute atomic E-state index is 0.0417. The lowest BCUT2D eigenvalue weighted by molar-refractivity contribution is -0.193. The van der Waals surface area contributed by atoms with Gasteiger partial charge in [0.25, 0.3) is 0 Å². The maximum Gasteiger partial charge on any atom is 0.373 e. The number of hydrogen-bond donors (Lipinski definition) is 0. The molecule has 0 aromatic heterocycles. The highest BCUT2D eigenvalue weighted by Gasteiger charge is 2.30. The summed E-state index contributed by atoms with van der Waals surface area (Å²) in [4.78, 5) is 42.3. The van der Waals surface area contributed by atoms with Gasteiger partial charge in [0, 0.05) is 6.42 Å². The van der Waals surface area contributed by atoms with Gasteiger partial charge in [-0.05, 0) is 20.3 Å². The van der Waals surface area contributed by atoms with E-state index in [1.807, 2.05) is 13.8 Å². The van der Waals surface area contributed by atoms with Crippen LogP contribution < -0.4 is 0 Å². The molecular formula is C10H16N2O5. The van der Waals surface area contributed by atoms with E-state index in [0.29, 0.717) is 6.42 Å². The number of Topliss-reactive ketones (excluding diaryl/α,β-unsaturated/α-hetero) is 1. The van der Waals surface area contributed by atoms with Crippen LogP contribution in [0, 0.1) is 0 Å². The normalized spacial score (nSPS) is 11.8. The van der Waals surface area contributed by atoms with Crippen molar-refractivity contribution in [1.29, 1.82) is 0 Å². The number of nitrogens with zero attached hydrogens (tertiary/aromatic N) is 2. The zero-order valence-corrected chi connectivity index (χ0v) is 10.3. The Kier molecular flexibility index (Phi) is 16.9. The molecule has 1 aliphatic heterocycles. The van der Waals surface area contributed by atoms with Crippen molar-refractivity contribution in [3.8, 4) is 0 Å². The second-order valence-corrected chi connectivity index (χ2v) is 2.99. The molecule has 0 bridgehead atoms. The highest BCUT2D eigenvalue weighted by atomic mass is 16.2. The second-order valence-electron chi connectivity index (χ2n) is 2.99. The summed E-state index contributed by atoms with van der Waals surface area (Å²) >= 11 is 0. The number of ketones is 1. The van der Waals surface area contributed by atoms with Crippen molar-refractivity contribution in [3.05, 3.63) is 0 Å². The SMILES string of the molecule is CCC(C)=O.CCC1(C)N=N1.O=C=O.O=C=O. The summed E-state index contributed by atoms with van der Waals surface area (Å²) in [5, 5.41) is 7.56. The monoisotopic (exact) mass is 244 g/mol. The summed E-state index contributed by atoms with van der Waals surface area (Å²) in [7, 11) is 0. The Morgan fingerprint density at radius 2 is 1.29 bits per heavy atom. The third-order valence-corrected chi connectivity index (χ3v) is 1.61. The van der Waals surface area contributed by atoms with Crippen LogP contribution in [0.4, 0.5) is 0 Å². The first-order chi connectivity index (χ1) is 7.87. The Morgan fingerprint density at radius 3 is 1.29 bits per heavy atom. The number of carbonyl (C=O) groups excluding carboxylic acids is 5. The van der Waals surface area contributed by atoms with Gasteiger partial charge in [-0.15, -0.1) is 0 Å². The van der Waals surface area contributed by atoms with Gasteiger partial charge in [0.2, 0.25) is 0 Å². The van der Waals surface area contributed by atoms with Gasteiger partial charge in [0.1, 0.15) is 5.78 Å². The van der Waals surface area contributed by atoms with Gasteiger partial charge in [-0.25, -0.2) is 0 Å². The van der Waals surface area contributed by atoms with Crippen LogP contribution in [-0.2, 0) is 24.0 Å². The maximum atomic E-state index is 9.81. The molecule has 0 fully saturated rings. The molecule has 1 rings (SSSR count). The van der Waals surface area contributed by atoms with Gasteiger partial charge in [-0.1, -0.05) is 13.8 Å². The molecule has 0 radical (unpaired) electrons. The average molecular weight is 244 g/mol.